The first-order valence-electron chi connectivity index (χ1n) is 8.40. The summed E-state index contributed by atoms with van der Waals surface area (Å²) in [5.41, 5.74) is 1.78. The highest BCUT2D eigenvalue weighted by Crippen LogP contribution is 2.31. The Kier molecular flexibility index (Phi) is 4.40. The summed E-state index contributed by atoms with van der Waals surface area (Å²) in [6.07, 6.45) is 0. The van der Waals surface area contributed by atoms with Crippen molar-refractivity contribution in [3.05, 3.63) is 53.1 Å². The van der Waals surface area contributed by atoms with Crippen LogP contribution in [0.4, 0.5) is 5.69 Å². The van der Waals surface area contributed by atoms with Gasteiger partial charge in [0.05, 0.1) is 0 Å². The van der Waals surface area contributed by atoms with Gasteiger partial charge >= 0.3 is 0 Å². The third-order valence-electron chi connectivity index (χ3n) is 4.55. The van der Waals surface area contributed by atoms with Crippen molar-refractivity contribution in [3.8, 4) is 11.5 Å². The number of amides is 1. The maximum atomic E-state index is 12.8. The maximum absolute atomic E-state index is 12.8. The average Bonchev–Trinajstić information content (AvgIpc) is 2.68. The molecule has 4 rings (SSSR count). The van der Waals surface area contributed by atoms with Crippen molar-refractivity contribution in [3.63, 3.8) is 0 Å². The Balaban J connectivity index is 1.42. The highest BCUT2D eigenvalue weighted by Gasteiger charge is 2.23. The van der Waals surface area contributed by atoms with Crippen LogP contribution in [0.2, 0.25) is 5.02 Å². The number of halogens is 1. The number of carbonyl (C=O) groups excluding carboxylic acids is 1. The average molecular weight is 359 g/mol. The first-order chi connectivity index (χ1) is 12.2. The van der Waals surface area contributed by atoms with E-state index in [0.29, 0.717) is 43.4 Å². The molecule has 0 unspecified atom stereocenters. The van der Waals surface area contributed by atoms with Crippen LogP contribution in [0.15, 0.2) is 42.5 Å². The quantitative estimate of drug-likeness (QED) is 0.827. The standard InChI is InChI=1S/C19H19ClN2O3/c20-15-2-4-16(5-3-15)21-7-9-22(10-8-21)19(23)14-1-6-17-18(13-14)25-12-11-24-17/h1-6,13H,7-12H2. The van der Waals surface area contributed by atoms with Crippen molar-refractivity contribution < 1.29 is 14.3 Å². The molecular weight excluding hydrogens is 340 g/mol. The van der Waals surface area contributed by atoms with Crippen LogP contribution in [-0.2, 0) is 0 Å². The molecule has 2 heterocycles. The minimum Gasteiger partial charge on any atom is -0.486 e. The van der Waals surface area contributed by atoms with E-state index in [1.165, 1.54) is 0 Å². The number of anilines is 1. The molecule has 0 N–H and O–H groups in total. The molecule has 0 atom stereocenters. The van der Waals surface area contributed by atoms with Gasteiger partial charge in [0.2, 0.25) is 0 Å². The van der Waals surface area contributed by atoms with Crippen molar-refractivity contribution >= 4 is 23.2 Å². The number of piperazine rings is 1. The molecular formula is C19H19ClN2O3. The molecule has 0 saturated carbocycles. The molecule has 0 aliphatic carbocycles. The van der Waals surface area contributed by atoms with Gasteiger partial charge in [0, 0.05) is 42.5 Å². The van der Waals surface area contributed by atoms with Gasteiger partial charge in [-0.05, 0) is 42.5 Å². The third-order valence-corrected chi connectivity index (χ3v) is 4.80. The number of fused-ring (bicyclic) bond motifs is 1. The Morgan fingerprint density at radius 2 is 1.56 bits per heavy atom. The normalized spacial score (nSPS) is 16.7. The topological polar surface area (TPSA) is 42.0 Å². The van der Waals surface area contributed by atoms with Gasteiger partial charge in [0.25, 0.3) is 5.91 Å². The van der Waals surface area contributed by atoms with E-state index in [9.17, 15) is 4.79 Å². The summed E-state index contributed by atoms with van der Waals surface area (Å²) in [6.45, 7) is 4.05. The molecule has 0 aromatic heterocycles. The lowest BCUT2D eigenvalue weighted by Crippen LogP contribution is -2.48. The van der Waals surface area contributed by atoms with E-state index in [2.05, 4.69) is 4.90 Å². The van der Waals surface area contributed by atoms with E-state index in [0.717, 1.165) is 23.8 Å². The number of hydrogen-bond donors (Lipinski definition) is 0. The van der Waals surface area contributed by atoms with Crippen LogP contribution >= 0.6 is 11.6 Å². The highest BCUT2D eigenvalue weighted by atomic mass is 35.5. The number of carbonyl (C=O) groups is 1. The number of rotatable bonds is 2. The SMILES string of the molecule is O=C(c1ccc2c(c1)OCCO2)N1CCN(c2ccc(Cl)cc2)CC1. The van der Waals surface area contributed by atoms with Crippen LogP contribution < -0.4 is 14.4 Å². The van der Waals surface area contributed by atoms with Crippen LogP contribution in [0.5, 0.6) is 11.5 Å². The molecule has 2 aliphatic rings. The highest BCUT2D eigenvalue weighted by molar-refractivity contribution is 6.30. The molecule has 6 heteroatoms. The first kappa shape index (κ1) is 16.1. The van der Waals surface area contributed by atoms with Gasteiger partial charge in [-0.15, -0.1) is 0 Å². The molecule has 0 bridgehead atoms. The fourth-order valence-electron chi connectivity index (χ4n) is 3.18. The van der Waals surface area contributed by atoms with E-state index < -0.39 is 0 Å². The lowest BCUT2D eigenvalue weighted by Gasteiger charge is -2.36. The molecule has 1 fully saturated rings. The largest absolute Gasteiger partial charge is 0.486 e. The van der Waals surface area contributed by atoms with Crippen molar-refractivity contribution in [1.29, 1.82) is 0 Å². The second kappa shape index (κ2) is 6.84. The first-order valence-corrected chi connectivity index (χ1v) is 8.78. The van der Waals surface area contributed by atoms with E-state index >= 15 is 0 Å². The van der Waals surface area contributed by atoms with E-state index in [1.807, 2.05) is 35.2 Å². The van der Waals surface area contributed by atoms with Gasteiger partial charge in [-0.3, -0.25) is 4.79 Å². The molecule has 1 amide bonds. The fourth-order valence-corrected chi connectivity index (χ4v) is 3.30. The van der Waals surface area contributed by atoms with Gasteiger partial charge in [0.1, 0.15) is 13.2 Å². The van der Waals surface area contributed by atoms with E-state index in [1.54, 1.807) is 12.1 Å². The van der Waals surface area contributed by atoms with Crippen LogP contribution in [0.1, 0.15) is 10.4 Å². The maximum Gasteiger partial charge on any atom is 0.254 e. The molecule has 0 radical (unpaired) electrons. The summed E-state index contributed by atoms with van der Waals surface area (Å²) >= 11 is 5.94. The number of ether oxygens (including phenoxy) is 2. The summed E-state index contributed by atoms with van der Waals surface area (Å²) in [4.78, 5) is 16.9. The minimum absolute atomic E-state index is 0.0349. The smallest absolute Gasteiger partial charge is 0.254 e. The molecule has 5 nitrogen and oxygen atoms in total. The van der Waals surface area contributed by atoms with Crippen molar-refractivity contribution in [1.82, 2.24) is 4.90 Å². The Hall–Kier alpha value is -2.40. The summed E-state index contributed by atoms with van der Waals surface area (Å²) in [7, 11) is 0. The predicted octanol–water partition coefficient (Wildman–Crippen LogP) is 3.07. The second-order valence-corrected chi connectivity index (χ2v) is 6.55. The minimum atomic E-state index is 0.0349. The Labute approximate surface area is 151 Å². The molecule has 0 spiro atoms. The molecule has 25 heavy (non-hydrogen) atoms. The number of hydrogen-bond acceptors (Lipinski definition) is 4. The van der Waals surface area contributed by atoms with Crippen molar-refractivity contribution in [2.75, 3.05) is 44.3 Å². The molecule has 2 aliphatic heterocycles. The van der Waals surface area contributed by atoms with Gasteiger partial charge < -0.3 is 19.3 Å². The second-order valence-electron chi connectivity index (χ2n) is 6.11. The lowest BCUT2D eigenvalue weighted by atomic mass is 10.1. The number of benzene rings is 2. The summed E-state index contributed by atoms with van der Waals surface area (Å²) < 4.78 is 11.1. The van der Waals surface area contributed by atoms with Crippen LogP contribution in [-0.4, -0.2) is 50.2 Å². The van der Waals surface area contributed by atoms with E-state index in [4.69, 9.17) is 21.1 Å². The Morgan fingerprint density at radius 1 is 0.880 bits per heavy atom. The summed E-state index contributed by atoms with van der Waals surface area (Å²) in [5.74, 6) is 1.39. The lowest BCUT2D eigenvalue weighted by molar-refractivity contribution is 0.0745. The van der Waals surface area contributed by atoms with Gasteiger partial charge in [0.15, 0.2) is 11.5 Å². The Morgan fingerprint density at radius 3 is 2.28 bits per heavy atom. The zero-order valence-corrected chi connectivity index (χ0v) is 14.5. The van der Waals surface area contributed by atoms with Crippen molar-refractivity contribution in [2.45, 2.75) is 0 Å². The van der Waals surface area contributed by atoms with Crippen molar-refractivity contribution in [2.24, 2.45) is 0 Å². The van der Waals surface area contributed by atoms with Gasteiger partial charge in [-0.1, -0.05) is 11.6 Å². The van der Waals surface area contributed by atoms with Crippen LogP contribution in [0.3, 0.4) is 0 Å². The number of nitrogens with zero attached hydrogens (tertiary/aromatic N) is 2. The molecule has 2 aromatic rings. The van der Waals surface area contributed by atoms with Crippen LogP contribution in [0.25, 0.3) is 0 Å². The zero-order chi connectivity index (χ0) is 17.2. The summed E-state index contributed by atoms with van der Waals surface area (Å²) in [5, 5.41) is 0.733. The van der Waals surface area contributed by atoms with Gasteiger partial charge in [-0.2, -0.15) is 0 Å². The molecule has 2 aromatic carbocycles. The third kappa shape index (κ3) is 3.37. The van der Waals surface area contributed by atoms with Gasteiger partial charge in [-0.25, -0.2) is 0 Å². The monoisotopic (exact) mass is 358 g/mol. The zero-order valence-electron chi connectivity index (χ0n) is 13.8. The van der Waals surface area contributed by atoms with Crippen LogP contribution in [0, 0.1) is 0 Å². The Bertz CT molecular complexity index is 771. The summed E-state index contributed by atoms with van der Waals surface area (Å²) in [6, 6.07) is 13.2. The molecule has 1 saturated heterocycles. The fraction of sp³-hybridized carbons (Fsp3) is 0.316. The predicted molar refractivity (Wildman–Crippen MR) is 97.0 cm³/mol. The molecule has 130 valence electrons. The van der Waals surface area contributed by atoms with E-state index in [-0.39, 0.29) is 5.91 Å².